The molecule has 0 aliphatic heterocycles. The number of aromatic nitrogens is 1. The number of hydrogen-bond acceptors (Lipinski definition) is 2. The first-order valence-corrected chi connectivity index (χ1v) is 3.91. The van der Waals surface area contributed by atoms with E-state index >= 15 is 0 Å². The molecule has 1 heterocycles. The molecule has 0 unspecified atom stereocenters. The molecule has 54 valence electrons. The minimum atomic E-state index is 0.416. The minimum absolute atomic E-state index is 0.416. The summed E-state index contributed by atoms with van der Waals surface area (Å²) in [5.74, 6) is 0. The highest BCUT2D eigenvalue weighted by atomic mass is 79.9. The second-order valence-electron chi connectivity index (χ2n) is 1.80. The molecule has 0 fully saturated rings. The van der Waals surface area contributed by atoms with Gasteiger partial charge >= 0.3 is 0 Å². The predicted octanol–water partition coefficient (Wildman–Crippen LogP) is 1.96. The molecule has 0 aliphatic carbocycles. The number of halogens is 2. The average Bonchev–Trinajstić information content (AvgIpc) is 1.85. The Kier molecular flexibility index (Phi) is 2.65. The molecule has 0 aromatic carbocycles. The topological polar surface area (TPSA) is 38.9 Å². The maximum absolute atomic E-state index is 5.70. The van der Waals surface area contributed by atoms with Gasteiger partial charge in [0.2, 0.25) is 0 Å². The van der Waals surface area contributed by atoms with Crippen LogP contribution in [0, 0.1) is 0 Å². The van der Waals surface area contributed by atoms with E-state index in [2.05, 4.69) is 20.9 Å². The van der Waals surface area contributed by atoms with Crippen molar-refractivity contribution in [1.29, 1.82) is 0 Å². The van der Waals surface area contributed by atoms with Crippen LogP contribution in [0.1, 0.15) is 5.69 Å². The van der Waals surface area contributed by atoms with Crippen LogP contribution in [0.15, 0.2) is 16.7 Å². The van der Waals surface area contributed by atoms with Crippen molar-refractivity contribution in [3.05, 3.63) is 27.5 Å². The number of pyridine rings is 1. The van der Waals surface area contributed by atoms with Gasteiger partial charge in [0.05, 0.1) is 5.69 Å². The van der Waals surface area contributed by atoms with Crippen molar-refractivity contribution in [2.75, 3.05) is 0 Å². The summed E-state index contributed by atoms with van der Waals surface area (Å²) < 4.78 is 0.723. The van der Waals surface area contributed by atoms with Gasteiger partial charge in [-0.2, -0.15) is 0 Å². The lowest BCUT2D eigenvalue weighted by atomic mass is 10.3. The minimum Gasteiger partial charge on any atom is -0.325 e. The molecule has 0 spiro atoms. The summed E-state index contributed by atoms with van der Waals surface area (Å²) >= 11 is 8.91. The summed E-state index contributed by atoms with van der Waals surface area (Å²) in [5.41, 5.74) is 6.14. The van der Waals surface area contributed by atoms with Gasteiger partial charge in [0.1, 0.15) is 4.60 Å². The van der Waals surface area contributed by atoms with E-state index in [-0.39, 0.29) is 0 Å². The molecule has 1 aromatic rings. The van der Waals surface area contributed by atoms with Crippen molar-refractivity contribution < 1.29 is 0 Å². The zero-order valence-electron chi connectivity index (χ0n) is 5.14. The van der Waals surface area contributed by atoms with Crippen LogP contribution in [0.5, 0.6) is 0 Å². The largest absolute Gasteiger partial charge is 0.325 e. The highest BCUT2D eigenvalue weighted by molar-refractivity contribution is 9.10. The van der Waals surface area contributed by atoms with Crippen LogP contribution in [0.2, 0.25) is 5.02 Å². The van der Waals surface area contributed by atoms with Gasteiger partial charge in [0, 0.05) is 11.6 Å². The van der Waals surface area contributed by atoms with Crippen LogP contribution in [0.3, 0.4) is 0 Å². The lowest BCUT2D eigenvalue weighted by molar-refractivity contribution is 0.980. The van der Waals surface area contributed by atoms with E-state index in [0.717, 1.165) is 10.3 Å². The molecule has 0 radical (unpaired) electrons. The van der Waals surface area contributed by atoms with Gasteiger partial charge in [-0.15, -0.1) is 0 Å². The summed E-state index contributed by atoms with van der Waals surface area (Å²) in [6.45, 7) is 0.416. The molecule has 1 aromatic heterocycles. The third-order valence-corrected chi connectivity index (χ3v) is 1.65. The van der Waals surface area contributed by atoms with Crippen LogP contribution < -0.4 is 5.73 Å². The van der Waals surface area contributed by atoms with Gasteiger partial charge in [-0.1, -0.05) is 11.6 Å². The molecule has 0 bridgehead atoms. The van der Waals surface area contributed by atoms with Gasteiger partial charge in [-0.25, -0.2) is 4.98 Å². The lowest BCUT2D eigenvalue weighted by Gasteiger charge is -1.96. The fraction of sp³-hybridized carbons (Fsp3) is 0.167. The van der Waals surface area contributed by atoms with E-state index in [9.17, 15) is 0 Å². The third kappa shape index (κ3) is 1.94. The first-order chi connectivity index (χ1) is 4.72. The van der Waals surface area contributed by atoms with Crippen molar-refractivity contribution in [2.45, 2.75) is 6.54 Å². The number of nitrogens with zero attached hydrogens (tertiary/aromatic N) is 1. The Labute approximate surface area is 72.5 Å². The normalized spacial score (nSPS) is 9.90. The second-order valence-corrected chi connectivity index (χ2v) is 3.05. The Morgan fingerprint density at radius 2 is 2.30 bits per heavy atom. The van der Waals surface area contributed by atoms with Gasteiger partial charge in [0.15, 0.2) is 0 Å². The van der Waals surface area contributed by atoms with Gasteiger partial charge < -0.3 is 5.73 Å². The molecule has 2 nitrogen and oxygen atoms in total. The monoisotopic (exact) mass is 220 g/mol. The van der Waals surface area contributed by atoms with Crippen molar-refractivity contribution in [3.63, 3.8) is 0 Å². The van der Waals surface area contributed by atoms with Crippen molar-refractivity contribution in [2.24, 2.45) is 5.73 Å². The zero-order chi connectivity index (χ0) is 7.56. The van der Waals surface area contributed by atoms with Crippen molar-refractivity contribution in [1.82, 2.24) is 4.98 Å². The SMILES string of the molecule is NCc1cc(Cl)cc(Br)n1. The molecule has 1 rings (SSSR count). The number of hydrogen-bond donors (Lipinski definition) is 1. The van der Waals surface area contributed by atoms with E-state index in [4.69, 9.17) is 17.3 Å². The summed E-state index contributed by atoms with van der Waals surface area (Å²) in [6, 6.07) is 3.47. The molecule has 4 heteroatoms. The fourth-order valence-electron chi connectivity index (χ4n) is 0.621. The van der Waals surface area contributed by atoms with E-state index in [1.165, 1.54) is 0 Å². The Balaban J connectivity index is 3.06. The maximum atomic E-state index is 5.70. The van der Waals surface area contributed by atoms with Crippen molar-refractivity contribution in [3.8, 4) is 0 Å². The maximum Gasteiger partial charge on any atom is 0.107 e. The van der Waals surface area contributed by atoms with Gasteiger partial charge in [-0.05, 0) is 28.1 Å². The van der Waals surface area contributed by atoms with Gasteiger partial charge in [0.25, 0.3) is 0 Å². The lowest BCUT2D eigenvalue weighted by Crippen LogP contribution is -1.99. The van der Waals surface area contributed by atoms with E-state index < -0.39 is 0 Å². The summed E-state index contributed by atoms with van der Waals surface area (Å²) in [5, 5.41) is 0.655. The first kappa shape index (κ1) is 7.98. The summed E-state index contributed by atoms with van der Waals surface area (Å²) in [7, 11) is 0. The number of nitrogens with two attached hydrogens (primary N) is 1. The highest BCUT2D eigenvalue weighted by Gasteiger charge is 1.95. The molecule has 0 saturated carbocycles. The molecular weight excluding hydrogens is 215 g/mol. The van der Waals surface area contributed by atoms with Gasteiger partial charge in [-0.3, -0.25) is 0 Å². The van der Waals surface area contributed by atoms with E-state index in [0.29, 0.717) is 11.6 Å². The Morgan fingerprint density at radius 3 is 2.80 bits per heavy atom. The Hall–Kier alpha value is -0.120. The molecular formula is C6H6BrClN2. The van der Waals surface area contributed by atoms with E-state index in [1.54, 1.807) is 12.1 Å². The molecule has 10 heavy (non-hydrogen) atoms. The summed E-state index contributed by atoms with van der Waals surface area (Å²) in [6.07, 6.45) is 0. The third-order valence-electron chi connectivity index (χ3n) is 1.02. The van der Waals surface area contributed by atoms with Crippen LogP contribution >= 0.6 is 27.5 Å². The zero-order valence-corrected chi connectivity index (χ0v) is 7.48. The first-order valence-electron chi connectivity index (χ1n) is 2.74. The quantitative estimate of drug-likeness (QED) is 0.736. The van der Waals surface area contributed by atoms with Crippen LogP contribution in [0.25, 0.3) is 0 Å². The molecule has 0 amide bonds. The molecule has 0 saturated heterocycles. The van der Waals surface area contributed by atoms with Crippen molar-refractivity contribution >= 4 is 27.5 Å². The fourth-order valence-corrected chi connectivity index (χ4v) is 1.46. The molecule has 2 N–H and O–H groups in total. The highest BCUT2D eigenvalue weighted by Crippen LogP contribution is 2.15. The smallest absolute Gasteiger partial charge is 0.107 e. The van der Waals surface area contributed by atoms with E-state index in [1.807, 2.05) is 0 Å². The van der Waals surface area contributed by atoms with Crippen LogP contribution in [-0.4, -0.2) is 4.98 Å². The summed E-state index contributed by atoms with van der Waals surface area (Å²) in [4.78, 5) is 4.06. The molecule has 0 atom stereocenters. The predicted molar refractivity (Wildman–Crippen MR) is 44.8 cm³/mol. The number of rotatable bonds is 1. The second kappa shape index (κ2) is 3.32. The van der Waals surface area contributed by atoms with Crippen LogP contribution in [-0.2, 0) is 6.54 Å². The Bertz CT molecular complexity index is 219. The average molecular weight is 221 g/mol. The molecule has 0 aliphatic rings. The Morgan fingerprint density at radius 1 is 1.60 bits per heavy atom. The standard InChI is InChI=1S/C6H6BrClN2/c7-6-2-4(8)1-5(3-9)10-6/h1-2H,3,9H2. The van der Waals surface area contributed by atoms with Crippen LogP contribution in [0.4, 0.5) is 0 Å².